The number of aromatic nitrogens is 2. The molecule has 0 atom stereocenters. The highest BCUT2D eigenvalue weighted by molar-refractivity contribution is 7.80. The molecule has 0 amide bonds. The lowest BCUT2D eigenvalue weighted by atomic mass is 10.1. The van der Waals surface area contributed by atoms with Crippen LogP contribution in [-0.4, -0.2) is 14.4 Å². The summed E-state index contributed by atoms with van der Waals surface area (Å²) in [7, 11) is 0. The van der Waals surface area contributed by atoms with Gasteiger partial charge in [0, 0.05) is 12.1 Å². The summed E-state index contributed by atoms with van der Waals surface area (Å²) in [6.45, 7) is 6.35. The Bertz CT molecular complexity index is 569. The van der Waals surface area contributed by atoms with Gasteiger partial charge >= 0.3 is 0 Å². The molecule has 0 aromatic carbocycles. The van der Waals surface area contributed by atoms with Gasteiger partial charge in [0.1, 0.15) is 5.65 Å². The minimum Gasteiger partial charge on any atom is -0.393 e. The van der Waals surface area contributed by atoms with Gasteiger partial charge in [0.15, 0.2) is 0 Å². The largest absolute Gasteiger partial charge is 0.393 e. The van der Waals surface area contributed by atoms with Gasteiger partial charge in [-0.15, -0.1) is 0 Å². The second-order valence-electron chi connectivity index (χ2n) is 4.60. The first-order valence-electron chi connectivity index (χ1n) is 5.76. The van der Waals surface area contributed by atoms with Crippen LogP contribution < -0.4 is 5.73 Å². The smallest absolute Gasteiger partial charge is 0.137 e. The molecule has 0 saturated heterocycles. The van der Waals surface area contributed by atoms with Gasteiger partial charge in [-0.25, -0.2) is 4.98 Å². The average Bonchev–Trinajstić information content (AvgIpc) is 2.57. The van der Waals surface area contributed by atoms with Crippen LogP contribution in [0.1, 0.15) is 36.8 Å². The zero-order valence-electron chi connectivity index (χ0n) is 10.4. The summed E-state index contributed by atoms with van der Waals surface area (Å²) in [6.07, 6.45) is 0.606. The van der Waals surface area contributed by atoms with Gasteiger partial charge < -0.3 is 10.1 Å². The van der Waals surface area contributed by atoms with Crippen molar-refractivity contribution in [1.82, 2.24) is 9.38 Å². The summed E-state index contributed by atoms with van der Waals surface area (Å²) in [5.41, 5.74) is 10.0. The quantitative estimate of drug-likeness (QED) is 0.848. The normalized spacial score (nSPS) is 11.3. The monoisotopic (exact) mass is 247 g/mol. The molecule has 0 saturated carbocycles. The van der Waals surface area contributed by atoms with Crippen molar-refractivity contribution < 1.29 is 0 Å². The van der Waals surface area contributed by atoms with Crippen molar-refractivity contribution in [2.75, 3.05) is 0 Å². The first-order valence-corrected chi connectivity index (χ1v) is 6.16. The number of rotatable bonds is 3. The summed E-state index contributed by atoms with van der Waals surface area (Å²) in [5.74, 6) is 0.374. The SMILES string of the molecule is Cc1cccc2nc(C(C)C)c(CC(N)=S)n12. The van der Waals surface area contributed by atoms with Crippen LogP contribution in [0.2, 0.25) is 0 Å². The fourth-order valence-electron chi connectivity index (χ4n) is 2.14. The molecule has 3 nitrogen and oxygen atoms in total. The van der Waals surface area contributed by atoms with E-state index < -0.39 is 0 Å². The number of imidazole rings is 1. The second kappa shape index (κ2) is 4.45. The molecule has 90 valence electrons. The molecule has 0 aliphatic rings. The minimum atomic E-state index is 0.374. The number of fused-ring (bicyclic) bond motifs is 1. The Morgan fingerprint density at radius 3 is 2.76 bits per heavy atom. The fourth-order valence-corrected chi connectivity index (χ4v) is 2.28. The van der Waals surface area contributed by atoms with Crippen LogP contribution in [-0.2, 0) is 6.42 Å². The summed E-state index contributed by atoms with van der Waals surface area (Å²) in [6, 6.07) is 6.11. The van der Waals surface area contributed by atoms with Crippen LogP contribution in [0, 0.1) is 6.92 Å². The van der Waals surface area contributed by atoms with Gasteiger partial charge in [0.25, 0.3) is 0 Å². The van der Waals surface area contributed by atoms with E-state index in [-0.39, 0.29) is 0 Å². The van der Waals surface area contributed by atoms with Crippen LogP contribution in [0.3, 0.4) is 0 Å². The van der Waals surface area contributed by atoms with E-state index >= 15 is 0 Å². The van der Waals surface area contributed by atoms with Gasteiger partial charge in [0.05, 0.1) is 16.4 Å². The van der Waals surface area contributed by atoms with Gasteiger partial charge in [-0.2, -0.15) is 0 Å². The van der Waals surface area contributed by atoms with Crippen molar-refractivity contribution in [3.8, 4) is 0 Å². The lowest BCUT2D eigenvalue weighted by molar-refractivity contribution is 0.814. The van der Waals surface area contributed by atoms with E-state index in [1.807, 2.05) is 12.1 Å². The van der Waals surface area contributed by atoms with Gasteiger partial charge in [-0.05, 0) is 25.0 Å². The summed E-state index contributed by atoms with van der Waals surface area (Å²) in [4.78, 5) is 5.18. The molecule has 0 aliphatic carbocycles. The predicted octanol–water partition coefficient (Wildman–Crippen LogP) is 2.59. The zero-order valence-corrected chi connectivity index (χ0v) is 11.2. The molecular formula is C13H17N3S. The maximum absolute atomic E-state index is 5.68. The summed E-state index contributed by atoms with van der Waals surface area (Å²) >= 11 is 5.03. The van der Waals surface area contributed by atoms with Crippen molar-refractivity contribution in [1.29, 1.82) is 0 Å². The molecule has 4 heteroatoms. The first kappa shape index (κ1) is 12.0. The van der Waals surface area contributed by atoms with Gasteiger partial charge in [-0.3, -0.25) is 0 Å². The lowest BCUT2D eigenvalue weighted by Crippen LogP contribution is -2.14. The van der Waals surface area contributed by atoms with E-state index in [1.54, 1.807) is 0 Å². The number of hydrogen-bond donors (Lipinski definition) is 1. The van der Waals surface area contributed by atoms with Crippen molar-refractivity contribution >= 4 is 22.9 Å². The van der Waals surface area contributed by atoms with Crippen LogP contribution in [0.15, 0.2) is 18.2 Å². The van der Waals surface area contributed by atoms with Crippen molar-refractivity contribution in [3.05, 3.63) is 35.3 Å². The number of pyridine rings is 1. The molecule has 0 spiro atoms. The van der Waals surface area contributed by atoms with E-state index in [4.69, 9.17) is 18.0 Å². The van der Waals surface area contributed by atoms with E-state index in [2.05, 4.69) is 36.2 Å². The maximum atomic E-state index is 5.68. The van der Waals surface area contributed by atoms with E-state index in [9.17, 15) is 0 Å². The molecular weight excluding hydrogens is 230 g/mol. The minimum absolute atomic E-state index is 0.374. The molecule has 2 rings (SSSR count). The predicted molar refractivity (Wildman–Crippen MR) is 74.5 cm³/mol. The Hall–Kier alpha value is -1.42. The molecule has 2 heterocycles. The lowest BCUT2D eigenvalue weighted by Gasteiger charge is -2.08. The molecule has 2 aromatic heterocycles. The Morgan fingerprint density at radius 1 is 1.47 bits per heavy atom. The highest BCUT2D eigenvalue weighted by Gasteiger charge is 2.16. The van der Waals surface area contributed by atoms with E-state index in [1.165, 1.54) is 0 Å². The van der Waals surface area contributed by atoms with E-state index in [0.29, 0.717) is 17.3 Å². The van der Waals surface area contributed by atoms with Crippen LogP contribution in [0.5, 0.6) is 0 Å². The third kappa shape index (κ3) is 2.17. The van der Waals surface area contributed by atoms with Gasteiger partial charge in [-0.1, -0.05) is 32.1 Å². The zero-order chi connectivity index (χ0) is 12.6. The van der Waals surface area contributed by atoms with Crippen LogP contribution in [0.25, 0.3) is 5.65 Å². The first-order chi connectivity index (χ1) is 8.00. The second-order valence-corrected chi connectivity index (χ2v) is 5.13. The topological polar surface area (TPSA) is 43.3 Å². The van der Waals surface area contributed by atoms with Crippen molar-refractivity contribution in [2.45, 2.75) is 33.1 Å². The molecule has 0 radical (unpaired) electrons. The highest BCUT2D eigenvalue weighted by Crippen LogP contribution is 2.22. The Kier molecular flexibility index (Phi) is 3.15. The molecule has 17 heavy (non-hydrogen) atoms. The van der Waals surface area contributed by atoms with E-state index in [0.717, 1.165) is 22.7 Å². The molecule has 0 bridgehead atoms. The van der Waals surface area contributed by atoms with Crippen LogP contribution in [0.4, 0.5) is 0 Å². The van der Waals surface area contributed by atoms with Crippen molar-refractivity contribution in [2.24, 2.45) is 5.73 Å². The average molecular weight is 247 g/mol. The maximum Gasteiger partial charge on any atom is 0.137 e. The highest BCUT2D eigenvalue weighted by atomic mass is 32.1. The number of nitrogens with zero attached hydrogens (tertiary/aromatic N) is 2. The standard InChI is InChI=1S/C13H17N3S/c1-8(2)13-10(7-11(14)17)16-9(3)5-4-6-12(16)15-13/h4-6,8H,7H2,1-3H3,(H2,14,17). The van der Waals surface area contributed by atoms with Gasteiger partial charge in [0.2, 0.25) is 0 Å². The third-order valence-electron chi connectivity index (χ3n) is 2.85. The van der Waals surface area contributed by atoms with Crippen molar-refractivity contribution in [3.63, 3.8) is 0 Å². The number of nitrogens with two attached hydrogens (primary N) is 1. The third-order valence-corrected chi connectivity index (χ3v) is 3.00. The Labute approximate surface area is 107 Å². The fraction of sp³-hybridized carbons (Fsp3) is 0.385. The Morgan fingerprint density at radius 2 is 2.18 bits per heavy atom. The molecule has 2 N–H and O–H groups in total. The number of thiocarbonyl (C=S) groups is 1. The molecule has 0 fully saturated rings. The Balaban J connectivity index is 2.73. The summed E-state index contributed by atoms with van der Waals surface area (Å²) in [5, 5.41) is 0. The van der Waals surface area contributed by atoms with Crippen LogP contribution >= 0.6 is 12.2 Å². The molecule has 0 aliphatic heterocycles. The molecule has 2 aromatic rings. The number of aryl methyl sites for hydroxylation is 1. The summed E-state index contributed by atoms with van der Waals surface area (Å²) < 4.78 is 2.15. The number of hydrogen-bond acceptors (Lipinski definition) is 2. The molecule has 0 unspecified atom stereocenters.